The van der Waals surface area contributed by atoms with Crippen molar-refractivity contribution in [2.24, 2.45) is 0 Å². The molecule has 0 fully saturated rings. The Morgan fingerprint density at radius 2 is 1.88 bits per heavy atom. The Hall–Kier alpha value is -2.65. The van der Waals surface area contributed by atoms with Crippen LogP contribution in [0.4, 0.5) is 0 Å². The number of methoxy groups -OCH3 is 2. The quantitative estimate of drug-likeness (QED) is 0.736. The molecule has 1 N–H and O–H groups in total. The number of likely N-dealkylation sites (N-methyl/N-ethyl adjacent to an activating group) is 1. The highest BCUT2D eigenvalue weighted by molar-refractivity contribution is 7.89. The number of pyridine rings is 1. The van der Waals surface area contributed by atoms with Gasteiger partial charge in [0.1, 0.15) is 0 Å². The predicted octanol–water partition coefficient (Wildman–Crippen LogP) is 1.04. The van der Waals surface area contributed by atoms with Crippen molar-refractivity contribution in [2.75, 3.05) is 27.8 Å². The summed E-state index contributed by atoms with van der Waals surface area (Å²) in [6.45, 7) is -0.0898. The van der Waals surface area contributed by atoms with Crippen molar-refractivity contribution in [1.29, 1.82) is 0 Å². The van der Waals surface area contributed by atoms with Crippen LogP contribution in [0.25, 0.3) is 0 Å². The molecule has 0 saturated carbocycles. The monoisotopic (exact) mass is 379 g/mol. The minimum atomic E-state index is -3.85. The summed E-state index contributed by atoms with van der Waals surface area (Å²) in [6, 6.07) is 9.61. The summed E-state index contributed by atoms with van der Waals surface area (Å²) in [5.74, 6) is 0.283. The van der Waals surface area contributed by atoms with Crippen LogP contribution in [-0.4, -0.2) is 51.4 Å². The lowest BCUT2D eigenvalue weighted by molar-refractivity contribution is -0.121. The third kappa shape index (κ3) is 4.70. The molecule has 1 heterocycles. The van der Waals surface area contributed by atoms with Gasteiger partial charge in [-0.05, 0) is 24.3 Å². The van der Waals surface area contributed by atoms with E-state index in [1.54, 1.807) is 18.3 Å². The number of nitrogens with zero attached hydrogens (tertiary/aromatic N) is 2. The Morgan fingerprint density at radius 1 is 1.15 bits per heavy atom. The van der Waals surface area contributed by atoms with Gasteiger partial charge in [-0.2, -0.15) is 4.31 Å². The summed E-state index contributed by atoms with van der Waals surface area (Å²) >= 11 is 0. The molecule has 0 radical (unpaired) electrons. The van der Waals surface area contributed by atoms with Gasteiger partial charge in [-0.25, -0.2) is 8.42 Å². The first kappa shape index (κ1) is 19.7. The Balaban J connectivity index is 2.05. The van der Waals surface area contributed by atoms with Gasteiger partial charge in [-0.15, -0.1) is 0 Å². The number of carbonyl (C=O) groups excluding carboxylic acids is 1. The second-order valence-corrected chi connectivity index (χ2v) is 7.42. The van der Waals surface area contributed by atoms with E-state index in [0.29, 0.717) is 17.2 Å². The summed E-state index contributed by atoms with van der Waals surface area (Å²) in [5, 5.41) is 2.64. The molecule has 0 aliphatic carbocycles. The maximum Gasteiger partial charge on any atom is 0.243 e. The Kier molecular flexibility index (Phi) is 6.53. The van der Waals surface area contributed by atoms with E-state index in [0.717, 1.165) is 4.31 Å². The number of amides is 1. The predicted molar refractivity (Wildman–Crippen MR) is 95.4 cm³/mol. The average Bonchev–Trinajstić information content (AvgIpc) is 2.66. The van der Waals surface area contributed by atoms with E-state index in [4.69, 9.17) is 9.47 Å². The summed E-state index contributed by atoms with van der Waals surface area (Å²) in [6.07, 6.45) is 1.62. The van der Waals surface area contributed by atoms with E-state index in [-0.39, 0.29) is 18.0 Å². The lowest BCUT2D eigenvalue weighted by Crippen LogP contribution is -2.38. The summed E-state index contributed by atoms with van der Waals surface area (Å²) in [5.41, 5.74) is 0.686. The van der Waals surface area contributed by atoms with E-state index in [9.17, 15) is 13.2 Å². The smallest absolute Gasteiger partial charge is 0.243 e. The van der Waals surface area contributed by atoms with Crippen molar-refractivity contribution >= 4 is 15.9 Å². The molecule has 0 aliphatic rings. The Labute approximate surface area is 152 Å². The summed E-state index contributed by atoms with van der Waals surface area (Å²) in [4.78, 5) is 16.1. The number of nitrogens with one attached hydrogen (secondary N) is 1. The molecule has 2 aromatic rings. The first-order valence-corrected chi connectivity index (χ1v) is 9.17. The number of ether oxygens (including phenoxy) is 2. The lowest BCUT2D eigenvalue weighted by Gasteiger charge is -2.18. The van der Waals surface area contributed by atoms with Gasteiger partial charge in [0.2, 0.25) is 15.9 Å². The molecule has 0 bridgehead atoms. The van der Waals surface area contributed by atoms with Crippen LogP contribution in [0.3, 0.4) is 0 Å². The highest BCUT2D eigenvalue weighted by atomic mass is 32.2. The van der Waals surface area contributed by atoms with Gasteiger partial charge in [0.25, 0.3) is 0 Å². The number of rotatable bonds is 8. The second-order valence-electron chi connectivity index (χ2n) is 5.38. The minimum Gasteiger partial charge on any atom is -0.493 e. The maximum atomic E-state index is 12.6. The number of hydrogen-bond acceptors (Lipinski definition) is 6. The Morgan fingerprint density at radius 3 is 2.50 bits per heavy atom. The molecule has 0 aliphatic heterocycles. The molecule has 0 saturated heterocycles. The van der Waals surface area contributed by atoms with E-state index < -0.39 is 15.9 Å². The zero-order valence-electron chi connectivity index (χ0n) is 14.8. The third-order valence-corrected chi connectivity index (χ3v) is 5.42. The number of sulfonamides is 1. The second kappa shape index (κ2) is 8.63. The fourth-order valence-corrected chi connectivity index (χ4v) is 3.33. The average molecular weight is 379 g/mol. The lowest BCUT2D eigenvalue weighted by atomic mass is 10.3. The molecular formula is C17H21N3O5S. The van der Waals surface area contributed by atoms with Gasteiger partial charge in [0, 0.05) is 19.3 Å². The van der Waals surface area contributed by atoms with Crippen LogP contribution in [0.15, 0.2) is 47.5 Å². The van der Waals surface area contributed by atoms with Gasteiger partial charge < -0.3 is 14.8 Å². The van der Waals surface area contributed by atoms with E-state index in [1.807, 2.05) is 6.07 Å². The molecule has 0 unspecified atom stereocenters. The molecule has 0 spiro atoms. The van der Waals surface area contributed by atoms with Crippen LogP contribution >= 0.6 is 0 Å². The minimum absolute atomic E-state index is 0.00942. The Bertz CT molecular complexity index is 856. The van der Waals surface area contributed by atoms with Gasteiger partial charge in [-0.3, -0.25) is 9.78 Å². The van der Waals surface area contributed by atoms with E-state index >= 15 is 0 Å². The van der Waals surface area contributed by atoms with Crippen LogP contribution < -0.4 is 14.8 Å². The molecule has 1 aromatic carbocycles. The number of hydrogen-bond donors (Lipinski definition) is 1. The summed E-state index contributed by atoms with van der Waals surface area (Å²) < 4.78 is 36.5. The molecule has 8 nitrogen and oxygen atoms in total. The fourth-order valence-electron chi connectivity index (χ4n) is 2.19. The summed E-state index contributed by atoms with van der Waals surface area (Å²) in [7, 11) is 0.368. The van der Waals surface area contributed by atoms with Crippen LogP contribution in [0.5, 0.6) is 11.5 Å². The zero-order chi connectivity index (χ0) is 19.2. The molecule has 140 valence electrons. The molecule has 26 heavy (non-hydrogen) atoms. The van der Waals surface area contributed by atoms with Gasteiger partial charge >= 0.3 is 0 Å². The van der Waals surface area contributed by atoms with Crippen LogP contribution in [-0.2, 0) is 21.4 Å². The maximum absolute atomic E-state index is 12.6. The van der Waals surface area contributed by atoms with Gasteiger partial charge in [-0.1, -0.05) is 6.07 Å². The molecule has 1 aromatic heterocycles. The van der Waals surface area contributed by atoms with Crippen molar-refractivity contribution in [3.05, 3.63) is 48.3 Å². The van der Waals surface area contributed by atoms with Crippen molar-refractivity contribution < 1.29 is 22.7 Å². The first-order valence-electron chi connectivity index (χ1n) is 7.73. The SMILES string of the molecule is COc1ccc(S(=O)(=O)N(C)CC(=O)NCc2ccccn2)cc1OC. The van der Waals surface area contributed by atoms with Crippen LogP contribution in [0, 0.1) is 0 Å². The largest absolute Gasteiger partial charge is 0.493 e. The molecule has 0 atom stereocenters. The number of aromatic nitrogens is 1. The third-order valence-electron chi connectivity index (χ3n) is 3.62. The van der Waals surface area contributed by atoms with Crippen molar-refractivity contribution in [3.63, 3.8) is 0 Å². The zero-order valence-corrected chi connectivity index (χ0v) is 15.6. The fraction of sp³-hybridized carbons (Fsp3) is 0.294. The van der Waals surface area contributed by atoms with Crippen LogP contribution in [0.2, 0.25) is 0 Å². The molecule has 9 heteroatoms. The van der Waals surface area contributed by atoms with Crippen molar-refractivity contribution in [1.82, 2.24) is 14.6 Å². The molecule has 1 amide bonds. The van der Waals surface area contributed by atoms with Gasteiger partial charge in [0.15, 0.2) is 11.5 Å². The molecule has 2 rings (SSSR count). The molecular weight excluding hydrogens is 358 g/mol. The van der Waals surface area contributed by atoms with Crippen molar-refractivity contribution in [3.8, 4) is 11.5 Å². The van der Waals surface area contributed by atoms with Gasteiger partial charge in [0.05, 0.1) is 37.9 Å². The highest BCUT2D eigenvalue weighted by Crippen LogP contribution is 2.30. The standard InChI is InChI=1S/C17H21N3O5S/c1-20(12-17(21)19-11-13-6-4-5-9-18-13)26(22,23)14-7-8-15(24-2)16(10-14)25-3/h4-10H,11-12H2,1-3H3,(H,19,21). The number of carbonyl (C=O) groups is 1. The first-order chi connectivity index (χ1) is 12.4. The highest BCUT2D eigenvalue weighted by Gasteiger charge is 2.24. The van der Waals surface area contributed by atoms with E-state index in [2.05, 4.69) is 10.3 Å². The topological polar surface area (TPSA) is 97.8 Å². The van der Waals surface area contributed by atoms with E-state index in [1.165, 1.54) is 39.5 Å². The van der Waals surface area contributed by atoms with Crippen LogP contribution in [0.1, 0.15) is 5.69 Å². The van der Waals surface area contributed by atoms with Crippen molar-refractivity contribution in [2.45, 2.75) is 11.4 Å². The normalized spacial score (nSPS) is 11.2. The number of benzene rings is 1.